The highest BCUT2D eigenvalue weighted by Crippen LogP contribution is 2.18. The first-order valence-electron chi connectivity index (χ1n) is 9.23. The molecule has 0 saturated carbocycles. The van der Waals surface area contributed by atoms with Gasteiger partial charge in [0.1, 0.15) is 30.5 Å². The lowest BCUT2D eigenvalue weighted by Gasteiger charge is -2.07. The van der Waals surface area contributed by atoms with E-state index in [0.29, 0.717) is 28.6 Å². The van der Waals surface area contributed by atoms with Crippen molar-refractivity contribution in [2.75, 3.05) is 6.54 Å². The number of aromatic nitrogens is 1. The molecule has 156 valence electrons. The number of carbonyl (C=O) groups is 2. The Balaban J connectivity index is 1.40. The molecule has 3 aromatic rings. The van der Waals surface area contributed by atoms with Crippen molar-refractivity contribution in [1.82, 2.24) is 10.3 Å². The maximum atomic E-state index is 12.1. The van der Waals surface area contributed by atoms with Gasteiger partial charge in [-0.15, -0.1) is 11.3 Å². The van der Waals surface area contributed by atoms with Crippen LogP contribution in [0.1, 0.15) is 32.2 Å². The number of nitrogens with zero attached hydrogens (tertiary/aromatic N) is 1. The molecule has 8 heteroatoms. The highest BCUT2D eigenvalue weighted by Gasteiger charge is 2.11. The number of benzene rings is 2. The third-order valence-corrected chi connectivity index (χ3v) is 5.44. The molecular weight excluding hydrogens is 424 g/mol. The number of nitrogens with one attached hydrogen (secondary N) is 1. The molecule has 0 atom stereocenters. The average Bonchev–Trinajstić information content (AvgIpc) is 3.20. The summed E-state index contributed by atoms with van der Waals surface area (Å²) in [4.78, 5) is 28.4. The topological polar surface area (TPSA) is 77.5 Å². The van der Waals surface area contributed by atoms with Gasteiger partial charge < -0.3 is 14.8 Å². The zero-order valence-corrected chi connectivity index (χ0v) is 18.2. The molecule has 3 rings (SSSR count). The summed E-state index contributed by atoms with van der Waals surface area (Å²) in [6.07, 6.45) is 0. The first kappa shape index (κ1) is 21.8. The molecule has 6 nitrogen and oxygen atoms in total. The molecule has 1 heterocycles. The molecule has 30 heavy (non-hydrogen) atoms. The second-order valence-electron chi connectivity index (χ2n) is 6.62. The van der Waals surface area contributed by atoms with E-state index in [1.165, 1.54) is 11.3 Å². The Kier molecular flexibility index (Phi) is 7.43. The van der Waals surface area contributed by atoms with Crippen LogP contribution < -0.4 is 10.1 Å². The van der Waals surface area contributed by atoms with Gasteiger partial charge in [-0.2, -0.15) is 0 Å². The summed E-state index contributed by atoms with van der Waals surface area (Å²) in [7, 11) is 0. The fourth-order valence-electron chi connectivity index (χ4n) is 2.50. The molecule has 0 bridgehead atoms. The lowest BCUT2D eigenvalue weighted by molar-refractivity contribution is -0.143. The molecule has 1 N–H and O–H groups in total. The number of thiazole rings is 1. The van der Waals surface area contributed by atoms with Gasteiger partial charge in [0.15, 0.2) is 0 Å². The van der Waals surface area contributed by atoms with E-state index < -0.39 is 5.97 Å². The largest absolute Gasteiger partial charge is 0.486 e. The van der Waals surface area contributed by atoms with Crippen LogP contribution in [0, 0.1) is 13.8 Å². The van der Waals surface area contributed by atoms with Crippen LogP contribution in [0.4, 0.5) is 0 Å². The number of halogens is 1. The van der Waals surface area contributed by atoms with Crippen molar-refractivity contribution in [1.29, 1.82) is 0 Å². The van der Waals surface area contributed by atoms with Crippen LogP contribution in [0.2, 0.25) is 5.02 Å². The summed E-state index contributed by atoms with van der Waals surface area (Å²) in [5, 5.41) is 5.78. The molecule has 0 aliphatic heterocycles. The van der Waals surface area contributed by atoms with Crippen molar-refractivity contribution < 1.29 is 19.1 Å². The van der Waals surface area contributed by atoms with Crippen LogP contribution in [-0.4, -0.2) is 23.4 Å². The molecule has 0 aliphatic rings. The SMILES string of the molecule is Cc1ccc(C(=O)NCC(=O)OCc2csc(COc3ccc(Cl)cc3)n2)cc1C. The molecule has 0 unspecified atom stereocenters. The number of hydrogen-bond donors (Lipinski definition) is 1. The summed E-state index contributed by atoms with van der Waals surface area (Å²) in [5.41, 5.74) is 3.26. The average molecular weight is 445 g/mol. The standard InChI is InChI=1S/C22H21ClN2O4S/c1-14-3-4-16(9-15(14)2)22(27)24-10-21(26)29-11-18-13-30-20(25-18)12-28-19-7-5-17(23)6-8-19/h3-9,13H,10-12H2,1-2H3,(H,24,27). The minimum absolute atomic E-state index is 0.0375. The number of amides is 1. The van der Waals surface area contributed by atoms with Gasteiger partial charge >= 0.3 is 5.97 Å². The number of hydrogen-bond acceptors (Lipinski definition) is 6. The molecule has 0 radical (unpaired) electrons. The van der Waals surface area contributed by atoms with E-state index in [9.17, 15) is 9.59 Å². The van der Waals surface area contributed by atoms with Crippen molar-refractivity contribution in [3.8, 4) is 5.75 Å². The Morgan fingerprint density at radius 1 is 1.07 bits per heavy atom. The predicted molar refractivity (Wildman–Crippen MR) is 116 cm³/mol. The normalized spacial score (nSPS) is 10.5. The van der Waals surface area contributed by atoms with Gasteiger partial charge in [0.05, 0.1) is 5.69 Å². The summed E-state index contributed by atoms with van der Waals surface area (Å²) in [6, 6.07) is 12.5. The van der Waals surface area contributed by atoms with Crippen LogP contribution in [0.15, 0.2) is 47.8 Å². The Bertz CT molecular complexity index is 1030. The lowest BCUT2D eigenvalue weighted by atomic mass is 10.1. The van der Waals surface area contributed by atoms with Gasteiger partial charge in [0.25, 0.3) is 5.91 Å². The van der Waals surface area contributed by atoms with E-state index in [-0.39, 0.29) is 19.1 Å². The van der Waals surface area contributed by atoms with Gasteiger partial charge in [-0.1, -0.05) is 17.7 Å². The third kappa shape index (κ3) is 6.30. The third-order valence-electron chi connectivity index (χ3n) is 4.32. The van der Waals surface area contributed by atoms with E-state index in [1.54, 1.807) is 36.4 Å². The van der Waals surface area contributed by atoms with Gasteiger partial charge in [0, 0.05) is 16.0 Å². The lowest BCUT2D eigenvalue weighted by Crippen LogP contribution is -2.30. The molecule has 0 spiro atoms. The number of esters is 1. The highest BCUT2D eigenvalue weighted by atomic mass is 35.5. The quantitative estimate of drug-likeness (QED) is 0.519. The van der Waals surface area contributed by atoms with Crippen molar-refractivity contribution in [3.63, 3.8) is 0 Å². The highest BCUT2D eigenvalue weighted by molar-refractivity contribution is 7.09. The molecule has 2 aromatic carbocycles. The van der Waals surface area contributed by atoms with E-state index in [2.05, 4.69) is 10.3 Å². The van der Waals surface area contributed by atoms with Crippen LogP contribution in [0.3, 0.4) is 0 Å². The minimum Gasteiger partial charge on any atom is -0.486 e. The van der Waals surface area contributed by atoms with Gasteiger partial charge in [-0.05, 0) is 61.4 Å². The van der Waals surface area contributed by atoms with E-state index in [4.69, 9.17) is 21.1 Å². The fourth-order valence-corrected chi connectivity index (χ4v) is 3.32. The van der Waals surface area contributed by atoms with Crippen LogP contribution in [0.25, 0.3) is 0 Å². The van der Waals surface area contributed by atoms with E-state index >= 15 is 0 Å². The van der Waals surface area contributed by atoms with E-state index in [1.807, 2.05) is 25.3 Å². The molecule has 0 aliphatic carbocycles. The Morgan fingerprint density at radius 3 is 2.57 bits per heavy atom. The maximum Gasteiger partial charge on any atom is 0.325 e. The van der Waals surface area contributed by atoms with Crippen molar-refractivity contribution in [3.05, 3.63) is 80.3 Å². The smallest absolute Gasteiger partial charge is 0.325 e. The van der Waals surface area contributed by atoms with Gasteiger partial charge in [-0.25, -0.2) is 4.98 Å². The first-order valence-corrected chi connectivity index (χ1v) is 10.5. The van der Waals surface area contributed by atoms with Crippen LogP contribution in [-0.2, 0) is 22.7 Å². The van der Waals surface area contributed by atoms with Crippen molar-refractivity contribution in [2.24, 2.45) is 0 Å². The maximum absolute atomic E-state index is 12.1. The molecular formula is C22H21ClN2O4S. The van der Waals surface area contributed by atoms with Crippen molar-refractivity contribution in [2.45, 2.75) is 27.1 Å². The Morgan fingerprint density at radius 2 is 1.83 bits per heavy atom. The Labute approximate surface area is 183 Å². The predicted octanol–water partition coefficient (Wildman–Crippen LogP) is 4.47. The molecule has 1 aromatic heterocycles. The molecule has 1 amide bonds. The molecule has 0 saturated heterocycles. The summed E-state index contributed by atoms with van der Waals surface area (Å²) >= 11 is 7.26. The zero-order chi connectivity index (χ0) is 21.5. The summed E-state index contributed by atoms with van der Waals surface area (Å²) in [6.45, 7) is 4.05. The summed E-state index contributed by atoms with van der Waals surface area (Å²) in [5.74, 6) is -0.147. The Hall–Kier alpha value is -2.90. The van der Waals surface area contributed by atoms with Crippen molar-refractivity contribution >= 4 is 34.8 Å². The van der Waals surface area contributed by atoms with E-state index in [0.717, 1.165) is 16.1 Å². The second-order valence-corrected chi connectivity index (χ2v) is 8.00. The van der Waals surface area contributed by atoms with Crippen LogP contribution >= 0.6 is 22.9 Å². The number of rotatable bonds is 8. The second kappa shape index (κ2) is 10.2. The first-order chi connectivity index (χ1) is 14.4. The number of carbonyl (C=O) groups excluding carboxylic acids is 2. The zero-order valence-electron chi connectivity index (χ0n) is 16.6. The number of ether oxygens (including phenoxy) is 2. The number of aryl methyl sites for hydroxylation is 2. The van der Waals surface area contributed by atoms with Gasteiger partial charge in [0.2, 0.25) is 0 Å². The van der Waals surface area contributed by atoms with Crippen LogP contribution in [0.5, 0.6) is 5.75 Å². The summed E-state index contributed by atoms with van der Waals surface area (Å²) < 4.78 is 10.8. The minimum atomic E-state index is -0.529. The monoisotopic (exact) mass is 444 g/mol. The molecule has 0 fully saturated rings. The fraction of sp³-hybridized carbons (Fsp3) is 0.227. The van der Waals surface area contributed by atoms with Gasteiger partial charge in [-0.3, -0.25) is 9.59 Å².